The standard InChI is InChI=1S/C23H24F3N5O4S/c1-14-12-29-20(30-14)19-18(15-5-9-27-10-6-15)11-17(13-28-19)36(33,34)31-16-3-7-22(2,8-4-16)35-21(32)23(24,25)26/h5-6,9-13,16,31H,3-4,7-8H2,1-2H3,(H,29,30)/t16-,22+. The molecule has 3 aromatic heterocycles. The molecule has 0 saturated heterocycles. The fourth-order valence-corrected chi connectivity index (χ4v) is 5.36. The zero-order valence-corrected chi connectivity index (χ0v) is 20.3. The van der Waals surface area contributed by atoms with Gasteiger partial charge in [-0.1, -0.05) is 0 Å². The fourth-order valence-electron chi connectivity index (χ4n) is 4.09. The topological polar surface area (TPSA) is 127 Å². The molecule has 1 saturated carbocycles. The van der Waals surface area contributed by atoms with Crippen LogP contribution in [0, 0.1) is 6.92 Å². The minimum atomic E-state index is -5.08. The van der Waals surface area contributed by atoms with Crippen molar-refractivity contribution >= 4 is 16.0 Å². The van der Waals surface area contributed by atoms with Gasteiger partial charge in [-0.15, -0.1) is 0 Å². The van der Waals surface area contributed by atoms with Crippen LogP contribution in [0.1, 0.15) is 38.3 Å². The summed E-state index contributed by atoms with van der Waals surface area (Å²) in [5, 5.41) is 0. The minimum Gasteiger partial charge on any atom is -0.453 e. The number of carbonyl (C=O) groups excluding carboxylic acids is 1. The highest BCUT2D eigenvalue weighted by Gasteiger charge is 2.46. The molecule has 0 spiro atoms. The first kappa shape index (κ1) is 25.8. The van der Waals surface area contributed by atoms with Crippen molar-refractivity contribution in [3.8, 4) is 22.6 Å². The van der Waals surface area contributed by atoms with Gasteiger partial charge in [0, 0.05) is 36.4 Å². The smallest absolute Gasteiger partial charge is 0.453 e. The second-order valence-electron chi connectivity index (χ2n) is 8.93. The summed E-state index contributed by atoms with van der Waals surface area (Å²) in [7, 11) is -4.01. The normalized spacial score (nSPS) is 20.8. The van der Waals surface area contributed by atoms with E-state index in [1.54, 1.807) is 30.7 Å². The molecule has 0 aromatic carbocycles. The summed E-state index contributed by atoms with van der Waals surface area (Å²) in [6, 6.07) is 4.41. The van der Waals surface area contributed by atoms with Crippen molar-refractivity contribution < 1.29 is 31.1 Å². The number of aromatic amines is 1. The van der Waals surface area contributed by atoms with E-state index in [4.69, 9.17) is 0 Å². The summed E-state index contributed by atoms with van der Waals surface area (Å²) in [5.41, 5.74) is 1.13. The van der Waals surface area contributed by atoms with Crippen LogP contribution in [0.3, 0.4) is 0 Å². The predicted molar refractivity (Wildman–Crippen MR) is 123 cm³/mol. The highest BCUT2D eigenvalue weighted by molar-refractivity contribution is 7.89. The van der Waals surface area contributed by atoms with Crippen molar-refractivity contribution in [2.75, 3.05) is 0 Å². The van der Waals surface area contributed by atoms with Gasteiger partial charge in [-0.25, -0.2) is 22.9 Å². The molecule has 13 heteroatoms. The zero-order chi connectivity index (χ0) is 26.1. The average molecular weight is 524 g/mol. The number of imidazole rings is 1. The van der Waals surface area contributed by atoms with E-state index in [0.717, 1.165) is 5.69 Å². The number of esters is 1. The monoisotopic (exact) mass is 523 g/mol. The molecule has 3 heterocycles. The zero-order valence-electron chi connectivity index (χ0n) is 19.5. The van der Waals surface area contributed by atoms with E-state index in [2.05, 4.69) is 29.4 Å². The van der Waals surface area contributed by atoms with Gasteiger partial charge in [-0.05, 0) is 63.3 Å². The van der Waals surface area contributed by atoms with Gasteiger partial charge in [0.15, 0.2) is 5.82 Å². The molecule has 0 atom stereocenters. The summed E-state index contributed by atoms with van der Waals surface area (Å²) in [5.74, 6) is -1.76. The number of alkyl halides is 3. The number of nitrogens with zero attached hydrogens (tertiary/aromatic N) is 3. The van der Waals surface area contributed by atoms with Crippen molar-refractivity contribution in [3.63, 3.8) is 0 Å². The third-order valence-corrected chi connectivity index (χ3v) is 7.52. The summed E-state index contributed by atoms with van der Waals surface area (Å²) in [6.07, 6.45) is 1.60. The number of hydrogen-bond donors (Lipinski definition) is 2. The second kappa shape index (κ2) is 9.62. The number of aryl methyl sites for hydroxylation is 1. The predicted octanol–water partition coefficient (Wildman–Crippen LogP) is 3.93. The molecule has 1 aliphatic carbocycles. The SMILES string of the molecule is Cc1c[nH]c(-c2ncc(S(=O)(=O)N[C@H]3CC[C@@](C)(OC(=O)C(F)(F)F)CC3)cc2-c2ccncc2)n1. The van der Waals surface area contributed by atoms with Gasteiger partial charge in [0.25, 0.3) is 0 Å². The van der Waals surface area contributed by atoms with Gasteiger partial charge in [-0.3, -0.25) is 9.97 Å². The molecule has 192 valence electrons. The highest BCUT2D eigenvalue weighted by Crippen LogP contribution is 2.35. The Morgan fingerprint density at radius 2 is 1.89 bits per heavy atom. The van der Waals surface area contributed by atoms with Crippen LogP contribution in [-0.4, -0.2) is 52.1 Å². The number of sulfonamides is 1. The van der Waals surface area contributed by atoms with Crippen LogP contribution in [0.15, 0.2) is 47.9 Å². The molecule has 9 nitrogen and oxygen atoms in total. The lowest BCUT2D eigenvalue weighted by atomic mass is 9.84. The van der Waals surface area contributed by atoms with Crippen molar-refractivity contribution in [2.24, 2.45) is 0 Å². The minimum absolute atomic E-state index is 0.0711. The van der Waals surface area contributed by atoms with Crippen molar-refractivity contribution in [1.82, 2.24) is 24.7 Å². The Morgan fingerprint density at radius 1 is 1.22 bits per heavy atom. The van der Waals surface area contributed by atoms with E-state index in [-0.39, 0.29) is 30.6 Å². The number of H-pyrrole nitrogens is 1. The van der Waals surface area contributed by atoms with Crippen LogP contribution >= 0.6 is 0 Å². The summed E-state index contributed by atoms with van der Waals surface area (Å²) < 4.78 is 71.4. The van der Waals surface area contributed by atoms with Crippen LogP contribution in [-0.2, 0) is 19.6 Å². The maximum atomic E-state index is 13.2. The van der Waals surface area contributed by atoms with Gasteiger partial charge >= 0.3 is 12.1 Å². The maximum Gasteiger partial charge on any atom is 0.490 e. The lowest BCUT2D eigenvalue weighted by molar-refractivity contribution is -0.215. The first-order valence-electron chi connectivity index (χ1n) is 11.1. The summed E-state index contributed by atoms with van der Waals surface area (Å²) in [6.45, 7) is 3.23. The van der Waals surface area contributed by atoms with Crippen molar-refractivity contribution in [1.29, 1.82) is 0 Å². The Morgan fingerprint density at radius 3 is 2.47 bits per heavy atom. The van der Waals surface area contributed by atoms with Gasteiger partial charge < -0.3 is 9.72 Å². The van der Waals surface area contributed by atoms with Gasteiger partial charge in [-0.2, -0.15) is 13.2 Å². The number of pyridine rings is 2. The molecule has 2 N–H and O–H groups in total. The molecule has 0 amide bonds. The molecule has 0 aliphatic heterocycles. The summed E-state index contributed by atoms with van der Waals surface area (Å²) in [4.78, 5) is 27.0. The van der Waals surface area contributed by atoms with E-state index in [1.807, 2.05) is 6.92 Å². The molecular formula is C23H24F3N5O4S. The second-order valence-corrected chi connectivity index (χ2v) is 10.6. The first-order chi connectivity index (χ1) is 16.9. The quantitative estimate of drug-likeness (QED) is 0.469. The Labute approximate surface area is 205 Å². The largest absolute Gasteiger partial charge is 0.490 e. The highest BCUT2D eigenvalue weighted by atomic mass is 32.2. The molecule has 4 rings (SSSR count). The Hall–Kier alpha value is -3.32. The van der Waals surface area contributed by atoms with E-state index >= 15 is 0 Å². The third-order valence-electron chi connectivity index (χ3n) is 6.03. The molecule has 0 bridgehead atoms. The lowest BCUT2D eigenvalue weighted by Gasteiger charge is -2.37. The van der Waals surface area contributed by atoms with Gasteiger partial charge in [0.1, 0.15) is 16.2 Å². The van der Waals surface area contributed by atoms with Crippen LogP contribution in [0.2, 0.25) is 0 Å². The number of aromatic nitrogens is 4. The van der Waals surface area contributed by atoms with Gasteiger partial charge in [0.2, 0.25) is 10.0 Å². The molecule has 0 radical (unpaired) electrons. The first-order valence-corrected chi connectivity index (χ1v) is 12.6. The van der Waals surface area contributed by atoms with Crippen LogP contribution < -0.4 is 4.72 Å². The molecule has 36 heavy (non-hydrogen) atoms. The number of carbonyl (C=O) groups is 1. The van der Waals surface area contributed by atoms with E-state index < -0.39 is 33.8 Å². The molecule has 0 unspecified atom stereocenters. The molecular weight excluding hydrogens is 499 g/mol. The van der Waals surface area contributed by atoms with Crippen molar-refractivity contribution in [2.45, 2.75) is 62.2 Å². The fraction of sp³-hybridized carbons (Fsp3) is 0.391. The number of ether oxygens (including phenoxy) is 1. The van der Waals surface area contributed by atoms with Crippen molar-refractivity contribution in [3.05, 3.63) is 48.7 Å². The Kier molecular flexibility index (Phi) is 6.88. The van der Waals surface area contributed by atoms with Crippen LogP contribution in [0.4, 0.5) is 13.2 Å². The van der Waals surface area contributed by atoms with Crippen LogP contribution in [0.25, 0.3) is 22.6 Å². The molecule has 1 fully saturated rings. The maximum absolute atomic E-state index is 13.2. The van der Waals surface area contributed by atoms with Crippen LogP contribution in [0.5, 0.6) is 0 Å². The number of hydrogen-bond acceptors (Lipinski definition) is 7. The lowest BCUT2D eigenvalue weighted by Crippen LogP contribution is -2.45. The molecule has 3 aromatic rings. The summed E-state index contributed by atoms with van der Waals surface area (Å²) >= 11 is 0. The Bertz CT molecular complexity index is 1350. The van der Waals surface area contributed by atoms with E-state index in [0.29, 0.717) is 22.6 Å². The number of nitrogens with one attached hydrogen (secondary N) is 2. The third kappa shape index (κ3) is 5.73. The number of rotatable bonds is 6. The van der Waals surface area contributed by atoms with E-state index in [9.17, 15) is 26.4 Å². The number of halogens is 3. The average Bonchev–Trinajstić information content (AvgIpc) is 3.26. The Balaban J connectivity index is 1.54. The van der Waals surface area contributed by atoms with E-state index in [1.165, 1.54) is 19.2 Å². The molecule has 1 aliphatic rings. The van der Waals surface area contributed by atoms with Gasteiger partial charge in [0.05, 0.1) is 5.69 Å².